The molecule has 2 saturated heterocycles. The van der Waals surface area contributed by atoms with Crippen LogP contribution in [0.1, 0.15) is 72.8 Å². The van der Waals surface area contributed by atoms with Crippen molar-refractivity contribution in [2.75, 3.05) is 13.2 Å². The van der Waals surface area contributed by atoms with E-state index in [1.807, 2.05) is 24.3 Å². The zero-order valence-electron chi connectivity index (χ0n) is 29.2. The quantitative estimate of drug-likeness (QED) is 0.0883. The number of epoxide rings is 1. The molecule has 7 rings (SSSR count). The summed E-state index contributed by atoms with van der Waals surface area (Å²) in [5.41, 5.74) is 3.99. The van der Waals surface area contributed by atoms with Gasteiger partial charge < -0.3 is 27.8 Å². The van der Waals surface area contributed by atoms with Gasteiger partial charge in [-0.3, -0.25) is 10.6 Å². The highest BCUT2D eigenvalue weighted by Crippen LogP contribution is 2.40. The molecule has 9 heteroatoms. The molecule has 4 aromatic rings. The maximum absolute atomic E-state index is 11.8. The first kappa shape index (κ1) is 33.2. The summed E-state index contributed by atoms with van der Waals surface area (Å²) >= 11 is 0. The van der Waals surface area contributed by atoms with Crippen LogP contribution in [0.4, 0.5) is 0 Å². The number of fused-ring (bicyclic) bond motifs is 3. The molecule has 3 aliphatic heterocycles. The normalized spacial score (nSPS) is 24.0. The third-order valence-electron chi connectivity index (χ3n) is 9.96. The van der Waals surface area contributed by atoms with Crippen LogP contribution in [0.5, 0.6) is 17.2 Å². The van der Waals surface area contributed by atoms with Crippen LogP contribution in [0.2, 0.25) is 0 Å². The van der Waals surface area contributed by atoms with Gasteiger partial charge in [-0.2, -0.15) is 0 Å². The molecule has 258 valence electrons. The van der Waals surface area contributed by atoms with Crippen LogP contribution in [0.15, 0.2) is 91.7 Å². The van der Waals surface area contributed by atoms with Gasteiger partial charge >= 0.3 is 5.63 Å². The maximum atomic E-state index is 11.8. The molecule has 3 atom stereocenters. The van der Waals surface area contributed by atoms with Crippen LogP contribution in [0, 0.1) is 0 Å². The first-order valence-corrected chi connectivity index (χ1v) is 17.2. The average Bonchev–Trinajstić information content (AvgIpc) is 3.31. The van der Waals surface area contributed by atoms with E-state index >= 15 is 0 Å². The van der Waals surface area contributed by atoms with Crippen LogP contribution in [-0.4, -0.2) is 42.3 Å². The Morgan fingerprint density at radius 3 is 2.41 bits per heavy atom. The van der Waals surface area contributed by atoms with Gasteiger partial charge in [-0.15, -0.1) is 0 Å². The van der Waals surface area contributed by atoms with E-state index in [4.69, 9.17) is 27.8 Å². The number of allylic oxidation sites excluding steroid dienone is 2. The van der Waals surface area contributed by atoms with Crippen molar-refractivity contribution in [1.82, 2.24) is 10.6 Å². The molecule has 0 saturated carbocycles. The van der Waals surface area contributed by atoms with E-state index in [0.29, 0.717) is 36.2 Å². The molecule has 0 radical (unpaired) electrons. The molecule has 2 aromatic carbocycles. The van der Waals surface area contributed by atoms with E-state index in [9.17, 15) is 4.79 Å². The summed E-state index contributed by atoms with van der Waals surface area (Å²) in [6.45, 7) is 13.9. The SMILES string of the molecule is C/C(=C\COc1c2ccoc2cc2oc(=O)ccc12)CCC1NC2(C=Cc3ccc(OC/C=C(\C)CCC4OC4(C)C)cc3O2)NC1(C)C. The minimum absolute atomic E-state index is 0.0353. The van der Waals surface area contributed by atoms with Crippen molar-refractivity contribution in [3.63, 3.8) is 0 Å². The lowest BCUT2D eigenvalue weighted by molar-refractivity contribution is 0.0667. The fourth-order valence-corrected chi connectivity index (χ4v) is 6.85. The molecule has 2 aromatic heterocycles. The fraction of sp³-hybridized carbons (Fsp3) is 0.425. The lowest BCUT2D eigenvalue weighted by Gasteiger charge is -2.33. The topological polar surface area (TPSA) is 108 Å². The molecular weight excluding hydrogens is 620 g/mol. The Labute approximate surface area is 286 Å². The Kier molecular flexibility index (Phi) is 8.71. The molecule has 0 bridgehead atoms. The van der Waals surface area contributed by atoms with Crippen molar-refractivity contribution in [3.05, 3.63) is 94.1 Å². The van der Waals surface area contributed by atoms with Gasteiger partial charge in [0.2, 0.25) is 5.85 Å². The van der Waals surface area contributed by atoms with Gasteiger partial charge in [-0.1, -0.05) is 11.1 Å². The van der Waals surface area contributed by atoms with Crippen LogP contribution < -0.4 is 30.5 Å². The molecule has 0 aliphatic carbocycles. The molecule has 1 spiro atoms. The summed E-state index contributed by atoms with van der Waals surface area (Å²) in [5, 5.41) is 9.03. The Balaban J connectivity index is 0.939. The first-order chi connectivity index (χ1) is 23.4. The van der Waals surface area contributed by atoms with Gasteiger partial charge in [0.05, 0.1) is 28.7 Å². The van der Waals surface area contributed by atoms with Gasteiger partial charge in [0, 0.05) is 35.3 Å². The third kappa shape index (κ3) is 7.20. The van der Waals surface area contributed by atoms with Crippen LogP contribution in [0.25, 0.3) is 28.0 Å². The molecule has 3 unspecified atom stereocenters. The molecule has 5 heterocycles. The van der Waals surface area contributed by atoms with E-state index in [1.165, 1.54) is 17.2 Å². The lowest BCUT2D eigenvalue weighted by Crippen LogP contribution is -2.56. The standard InChI is InChI=1S/C40H46N2O7/c1-25(17-21-46-37-29-11-14-36(43)47-33(29)24-32-30(37)18-22-45-32)7-12-34-38(3,4)42-40(41-34)19-15-27-9-10-28(23-31(27)48-40)44-20-16-26(2)8-13-35-39(5,6)49-35/h9-11,14-19,22-24,34-35,41-42H,7-8,12-13,20-21H2,1-6H3/b25-17+,26-16+. The van der Waals surface area contributed by atoms with Crippen molar-refractivity contribution in [2.45, 2.75) is 96.4 Å². The van der Waals surface area contributed by atoms with Gasteiger partial charge in [-0.05, 0) is 116 Å². The molecule has 2 fully saturated rings. The van der Waals surface area contributed by atoms with Crippen molar-refractivity contribution < 1.29 is 27.8 Å². The molecule has 9 nitrogen and oxygen atoms in total. The average molecular weight is 667 g/mol. The van der Waals surface area contributed by atoms with Crippen LogP contribution >= 0.6 is 0 Å². The second-order valence-electron chi connectivity index (χ2n) is 14.6. The monoisotopic (exact) mass is 666 g/mol. The van der Waals surface area contributed by atoms with Crippen molar-refractivity contribution in [2.24, 2.45) is 0 Å². The number of hydrogen-bond donors (Lipinski definition) is 2. The fourth-order valence-electron chi connectivity index (χ4n) is 6.85. The van der Waals surface area contributed by atoms with E-state index < -0.39 is 11.5 Å². The van der Waals surface area contributed by atoms with E-state index in [-0.39, 0.29) is 17.2 Å². The second-order valence-corrected chi connectivity index (χ2v) is 14.6. The van der Waals surface area contributed by atoms with E-state index in [2.05, 4.69) is 76.5 Å². The zero-order valence-corrected chi connectivity index (χ0v) is 29.2. The van der Waals surface area contributed by atoms with E-state index in [0.717, 1.165) is 53.5 Å². The number of nitrogens with one attached hydrogen (secondary N) is 2. The Hall–Kier alpha value is -4.31. The number of hydrogen-bond acceptors (Lipinski definition) is 9. The first-order valence-electron chi connectivity index (χ1n) is 17.2. The predicted molar refractivity (Wildman–Crippen MR) is 191 cm³/mol. The minimum Gasteiger partial charge on any atom is -0.489 e. The van der Waals surface area contributed by atoms with Crippen LogP contribution in [0.3, 0.4) is 0 Å². The highest BCUT2D eigenvalue weighted by Gasteiger charge is 2.50. The molecular formula is C40H46N2O7. The molecule has 0 amide bonds. The predicted octanol–water partition coefficient (Wildman–Crippen LogP) is 8.03. The summed E-state index contributed by atoms with van der Waals surface area (Å²) in [7, 11) is 0. The highest BCUT2D eigenvalue weighted by atomic mass is 16.6. The molecule has 2 N–H and O–H groups in total. The maximum Gasteiger partial charge on any atom is 0.336 e. The molecule has 3 aliphatic rings. The number of ether oxygens (including phenoxy) is 4. The largest absolute Gasteiger partial charge is 0.489 e. The third-order valence-corrected chi connectivity index (χ3v) is 9.96. The highest BCUT2D eigenvalue weighted by molar-refractivity contribution is 6.01. The van der Waals surface area contributed by atoms with Gasteiger partial charge in [0.1, 0.15) is 41.6 Å². The smallest absolute Gasteiger partial charge is 0.336 e. The summed E-state index contributed by atoms with van der Waals surface area (Å²) < 4.78 is 35.6. The van der Waals surface area contributed by atoms with Crippen molar-refractivity contribution >= 4 is 28.0 Å². The van der Waals surface area contributed by atoms with Crippen LogP contribution in [-0.2, 0) is 4.74 Å². The number of rotatable bonds is 12. The van der Waals surface area contributed by atoms with Gasteiger partial charge in [0.25, 0.3) is 0 Å². The second kappa shape index (κ2) is 12.9. The van der Waals surface area contributed by atoms with Crippen molar-refractivity contribution in [1.29, 1.82) is 0 Å². The summed E-state index contributed by atoms with van der Waals surface area (Å²) in [4.78, 5) is 11.8. The van der Waals surface area contributed by atoms with Gasteiger partial charge in [0.15, 0.2) is 0 Å². The summed E-state index contributed by atoms with van der Waals surface area (Å²) in [6, 6.07) is 12.9. The van der Waals surface area contributed by atoms with Crippen molar-refractivity contribution in [3.8, 4) is 17.2 Å². The minimum atomic E-state index is -0.811. The number of furan rings is 1. The van der Waals surface area contributed by atoms with E-state index in [1.54, 1.807) is 18.4 Å². The number of benzene rings is 2. The Morgan fingerprint density at radius 1 is 0.898 bits per heavy atom. The molecule has 49 heavy (non-hydrogen) atoms. The Morgan fingerprint density at radius 2 is 1.63 bits per heavy atom. The summed E-state index contributed by atoms with van der Waals surface area (Å²) in [6.07, 6.45) is 14.2. The summed E-state index contributed by atoms with van der Waals surface area (Å²) in [5.74, 6) is 1.38. The van der Waals surface area contributed by atoms with Gasteiger partial charge in [-0.25, -0.2) is 4.79 Å². The lowest BCUT2D eigenvalue weighted by atomic mass is 9.91. The Bertz CT molecular complexity index is 2020. The zero-order chi connectivity index (χ0) is 34.4.